The minimum Gasteiger partial charge on any atom is -0.482 e. The van der Waals surface area contributed by atoms with Gasteiger partial charge in [-0.2, -0.15) is 4.98 Å². The highest BCUT2D eigenvalue weighted by Gasteiger charge is 2.14. The van der Waals surface area contributed by atoms with Crippen molar-refractivity contribution >= 4 is 63.0 Å². The number of thiazole rings is 1. The number of hydrogen-bond acceptors (Lipinski definition) is 5. The Balaban J connectivity index is 1.47. The molecule has 1 N–H and O–H groups in total. The van der Waals surface area contributed by atoms with Crippen LogP contribution in [0.25, 0.3) is 16.2 Å². The molecule has 0 bridgehead atoms. The Labute approximate surface area is 178 Å². The predicted octanol–water partition coefficient (Wildman–Crippen LogP) is 5.44. The van der Waals surface area contributed by atoms with E-state index in [1.165, 1.54) is 11.3 Å². The number of ether oxygens (including phenoxy) is 1. The van der Waals surface area contributed by atoms with Crippen LogP contribution in [0.1, 0.15) is 0 Å². The molecule has 0 unspecified atom stereocenters. The van der Waals surface area contributed by atoms with Crippen LogP contribution in [0, 0.1) is 0 Å². The van der Waals surface area contributed by atoms with Gasteiger partial charge < -0.3 is 4.74 Å². The fourth-order valence-corrected chi connectivity index (χ4v) is 3.74. The van der Waals surface area contributed by atoms with Crippen molar-refractivity contribution in [1.29, 1.82) is 0 Å². The van der Waals surface area contributed by atoms with Gasteiger partial charge in [0, 0.05) is 27.1 Å². The Hall–Kier alpha value is -2.32. The number of nitrogens with zero attached hydrogens (tertiary/aromatic N) is 3. The summed E-state index contributed by atoms with van der Waals surface area (Å²) in [5.74, 6) is 0.100. The van der Waals surface area contributed by atoms with E-state index in [4.69, 9.17) is 39.5 Å². The lowest BCUT2D eigenvalue weighted by atomic mass is 10.2. The van der Waals surface area contributed by atoms with E-state index in [1.54, 1.807) is 34.8 Å². The number of nitrogens with one attached hydrogen (secondary N) is 1. The molecule has 0 aliphatic carbocycles. The van der Waals surface area contributed by atoms with Gasteiger partial charge in [0.15, 0.2) is 6.61 Å². The smallest absolute Gasteiger partial charge is 0.264 e. The molecule has 6 nitrogen and oxygen atoms in total. The topological polar surface area (TPSA) is 68.5 Å². The van der Waals surface area contributed by atoms with Crippen molar-refractivity contribution in [2.75, 3.05) is 11.9 Å². The molecule has 0 fully saturated rings. The average molecular weight is 454 g/mol. The molecule has 0 aliphatic heterocycles. The number of hydrogen-bond donors (Lipinski definition) is 1. The van der Waals surface area contributed by atoms with Crippen LogP contribution in [0.3, 0.4) is 0 Å². The first kappa shape index (κ1) is 19.0. The lowest BCUT2D eigenvalue weighted by molar-refractivity contribution is -0.118. The molecule has 0 aliphatic rings. The third-order valence-corrected chi connectivity index (χ3v) is 5.34. The standard InChI is InChI=1S/C18H11Cl3N4O2S/c19-11-3-1-10(2-4-11)14-9-28-18-23-17(24-25(14)18)22-16(26)8-27-15-7-12(20)5-6-13(15)21/h1-7,9H,8H2,(H,22,24,26). The number of anilines is 1. The van der Waals surface area contributed by atoms with E-state index in [0.717, 1.165) is 11.3 Å². The average Bonchev–Trinajstić information content (AvgIpc) is 3.23. The van der Waals surface area contributed by atoms with Gasteiger partial charge >= 0.3 is 0 Å². The van der Waals surface area contributed by atoms with Crippen LogP contribution in [0.4, 0.5) is 5.95 Å². The van der Waals surface area contributed by atoms with Gasteiger partial charge in [-0.3, -0.25) is 10.1 Å². The molecule has 0 saturated heterocycles. The second-order valence-corrected chi connectivity index (χ2v) is 7.79. The van der Waals surface area contributed by atoms with Gasteiger partial charge in [-0.25, -0.2) is 4.52 Å². The van der Waals surface area contributed by atoms with Crippen molar-refractivity contribution in [3.8, 4) is 17.0 Å². The Morgan fingerprint density at radius 1 is 1.11 bits per heavy atom. The Kier molecular flexibility index (Phi) is 5.41. The highest BCUT2D eigenvalue weighted by Crippen LogP contribution is 2.28. The maximum absolute atomic E-state index is 12.2. The van der Waals surface area contributed by atoms with Gasteiger partial charge in [0.1, 0.15) is 5.75 Å². The monoisotopic (exact) mass is 452 g/mol. The summed E-state index contributed by atoms with van der Waals surface area (Å²) in [4.78, 5) is 17.1. The van der Waals surface area contributed by atoms with E-state index in [2.05, 4.69) is 15.4 Å². The van der Waals surface area contributed by atoms with Gasteiger partial charge in [-0.15, -0.1) is 16.4 Å². The summed E-state index contributed by atoms with van der Waals surface area (Å²) in [6.07, 6.45) is 0. The van der Waals surface area contributed by atoms with Crippen LogP contribution in [0.2, 0.25) is 15.1 Å². The maximum atomic E-state index is 12.2. The summed E-state index contributed by atoms with van der Waals surface area (Å²) in [6.45, 7) is -0.253. The van der Waals surface area contributed by atoms with E-state index in [1.807, 2.05) is 17.5 Å². The third kappa shape index (κ3) is 4.07. The summed E-state index contributed by atoms with van der Waals surface area (Å²) >= 11 is 19.3. The molecular weight excluding hydrogens is 443 g/mol. The summed E-state index contributed by atoms with van der Waals surface area (Å²) < 4.78 is 7.08. The molecule has 10 heteroatoms. The number of carbonyl (C=O) groups is 1. The van der Waals surface area contributed by atoms with E-state index < -0.39 is 5.91 Å². The minimum absolute atomic E-state index is 0.188. The van der Waals surface area contributed by atoms with Gasteiger partial charge in [0.2, 0.25) is 4.96 Å². The molecule has 28 heavy (non-hydrogen) atoms. The van der Waals surface area contributed by atoms with E-state index in [0.29, 0.717) is 25.8 Å². The van der Waals surface area contributed by atoms with Crippen molar-refractivity contribution < 1.29 is 9.53 Å². The molecule has 4 aromatic rings. The molecule has 0 spiro atoms. The summed E-state index contributed by atoms with van der Waals surface area (Å²) in [7, 11) is 0. The Bertz CT molecular complexity index is 1160. The highest BCUT2D eigenvalue weighted by atomic mass is 35.5. The number of carbonyl (C=O) groups excluding carboxylic acids is 1. The number of amides is 1. The number of fused-ring (bicyclic) bond motifs is 1. The maximum Gasteiger partial charge on any atom is 0.264 e. The van der Waals surface area contributed by atoms with Crippen molar-refractivity contribution in [3.63, 3.8) is 0 Å². The first-order valence-electron chi connectivity index (χ1n) is 7.97. The van der Waals surface area contributed by atoms with E-state index >= 15 is 0 Å². The molecule has 2 aromatic heterocycles. The van der Waals surface area contributed by atoms with Crippen molar-refractivity contribution in [3.05, 3.63) is 62.9 Å². The first-order valence-corrected chi connectivity index (χ1v) is 9.99. The number of aromatic nitrogens is 3. The molecule has 2 aromatic carbocycles. The lowest BCUT2D eigenvalue weighted by Crippen LogP contribution is -2.21. The van der Waals surface area contributed by atoms with Crippen molar-refractivity contribution in [2.24, 2.45) is 0 Å². The normalized spacial score (nSPS) is 11.0. The van der Waals surface area contributed by atoms with Crippen LogP contribution in [-0.2, 0) is 4.79 Å². The Morgan fingerprint density at radius 3 is 2.64 bits per heavy atom. The molecule has 4 rings (SSSR count). The number of benzene rings is 2. The molecule has 0 atom stereocenters. The van der Waals surface area contributed by atoms with Crippen LogP contribution < -0.4 is 10.1 Å². The van der Waals surface area contributed by atoms with Gasteiger partial charge in [-0.05, 0) is 24.3 Å². The van der Waals surface area contributed by atoms with Crippen LogP contribution in [0.15, 0.2) is 47.8 Å². The third-order valence-electron chi connectivity index (χ3n) is 3.72. The SMILES string of the molecule is O=C(COc1cc(Cl)ccc1Cl)Nc1nc2scc(-c3ccc(Cl)cc3)n2n1. The molecule has 2 heterocycles. The van der Waals surface area contributed by atoms with Crippen LogP contribution >= 0.6 is 46.1 Å². The zero-order valence-corrected chi connectivity index (χ0v) is 17.1. The summed E-state index contributed by atoms with van der Waals surface area (Å²) in [5, 5.41) is 10.4. The fourth-order valence-electron chi connectivity index (χ4n) is 2.45. The summed E-state index contributed by atoms with van der Waals surface area (Å²) in [6, 6.07) is 12.2. The van der Waals surface area contributed by atoms with Gasteiger partial charge in [0.25, 0.3) is 11.9 Å². The van der Waals surface area contributed by atoms with Gasteiger partial charge in [0.05, 0.1) is 10.7 Å². The minimum atomic E-state index is -0.415. The second kappa shape index (κ2) is 7.97. The highest BCUT2D eigenvalue weighted by molar-refractivity contribution is 7.15. The van der Waals surface area contributed by atoms with Crippen LogP contribution in [0.5, 0.6) is 5.75 Å². The Morgan fingerprint density at radius 2 is 1.86 bits per heavy atom. The van der Waals surface area contributed by atoms with E-state index in [-0.39, 0.29) is 12.6 Å². The number of rotatable bonds is 5. The zero-order valence-electron chi connectivity index (χ0n) is 14.0. The summed E-state index contributed by atoms with van der Waals surface area (Å²) in [5.41, 5.74) is 1.80. The van der Waals surface area contributed by atoms with Crippen molar-refractivity contribution in [1.82, 2.24) is 14.6 Å². The molecule has 142 valence electrons. The predicted molar refractivity (Wildman–Crippen MR) is 112 cm³/mol. The quantitative estimate of drug-likeness (QED) is 0.437. The molecular formula is C18H11Cl3N4O2S. The van der Waals surface area contributed by atoms with Crippen LogP contribution in [-0.4, -0.2) is 27.1 Å². The molecule has 1 amide bonds. The fraction of sp³-hybridized carbons (Fsp3) is 0.0556. The first-order chi connectivity index (χ1) is 13.5. The van der Waals surface area contributed by atoms with Gasteiger partial charge in [-0.1, -0.05) is 46.9 Å². The number of halogens is 3. The molecule has 0 radical (unpaired) electrons. The second-order valence-electron chi connectivity index (χ2n) is 5.67. The zero-order chi connectivity index (χ0) is 19.7. The van der Waals surface area contributed by atoms with E-state index in [9.17, 15) is 4.79 Å². The van der Waals surface area contributed by atoms with Crippen molar-refractivity contribution in [2.45, 2.75) is 0 Å². The lowest BCUT2D eigenvalue weighted by Gasteiger charge is -2.07. The largest absolute Gasteiger partial charge is 0.482 e. The molecule has 0 saturated carbocycles.